The molecule has 33 heavy (non-hydrogen) atoms. The van der Waals surface area contributed by atoms with Gasteiger partial charge in [-0.05, 0) is 43.5 Å². The van der Waals surface area contributed by atoms with Crippen LogP contribution in [0, 0.1) is 0 Å². The fourth-order valence-corrected chi connectivity index (χ4v) is 6.02. The normalized spacial score (nSPS) is 19.6. The summed E-state index contributed by atoms with van der Waals surface area (Å²) in [6.07, 6.45) is 4.64. The number of ether oxygens (including phenoxy) is 1. The first-order valence-corrected chi connectivity index (χ1v) is 12.5. The van der Waals surface area contributed by atoms with Gasteiger partial charge in [0.1, 0.15) is 5.82 Å². The van der Waals surface area contributed by atoms with Crippen LogP contribution in [0.3, 0.4) is 0 Å². The number of H-pyrrole nitrogens is 1. The van der Waals surface area contributed by atoms with Crippen LogP contribution < -0.4 is 4.90 Å². The van der Waals surface area contributed by atoms with E-state index in [1.165, 1.54) is 0 Å². The van der Waals surface area contributed by atoms with Gasteiger partial charge < -0.3 is 19.7 Å². The summed E-state index contributed by atoms with van der Waals surface area (Å²) in [5.74, 6) is 1.03. The maximum Gasteiger partial charge on any atom is 0.258 e. The van der Waals surface area contributed by atoms with Crippen LogP contribution in [-0.2, 0) is 21.4 Å². The molecule has 4 aromatic rings. The second-order valence-corrected chi connectivity index (χ2v) is 10.7. The zero-order valence-corrected chi connectivity index (χ0v) is 18.9. The number of hydrogen-bond acceptors (Lipinski definition) is 8. The fraction of sp³-hybridized carbons (Fsp3) is 0.409. The van der Waals surface area contributed by atoms with E-state index >= 15 is 0 Å². The van der Waals surface area contributed by atoms with Gasteiger partial charge in [-0.3, -0.25) is 0 Å². The van der Waals surface area contributed by atoms with Gasteiger partial charge in [0, 0.05) is 29.2 Å². The van der Waals surface area contributed by atoms with Crippen molar-refractivity contribution in [1.82, 2.24) is 24.1 Å². The molecule has 3 aromatic heterocycles. The number of aromatic amines is 1. The van der Waals surface area contributed by atoms with Crippen molar-refractivity contribution in [1.29, 1.82) is 0 Å². The van der Waals surface area contributed by atoms with Gasteiger partial charge in [-0.25, -0.2) is 18.4 Å². The second kappa shape index (κ2) is 7.51. The first-order valence-electron chi connectivity index (χ1n) is 11.0. The average molecular weight is 469 g/mol. The standard InChI is InChI=1S/C22H24N6O4S/c1-13-12-32-7-6-27(13)21-18-10-24-28(33(30,31)15-2-3-15)22(18)26-20(25-21)17-8-14(11-29)9-19-16(17)4-5-23-19/h4-5,8-10,13,15,23,29H,2-3,6-7,11-12H2,1H3. The molecule has 2 fully saturated rings. The van der Waals surface area contributed by atoms with Crippen molar-refractivity contribution in [3.05, 3.63) is 36.2 Å². The smallest absolute Gasteiger partial charge is 0.258 e. The third kappa shape index (κ3) is 3.30. The lowest BCUT2D eigenvalue weighted by molar-refractivity contribution is 0.0987. The van der Waals surface area contributed by atoms with Crippen LogP contribution >= 0.6 is 0 Å². The van der Waals surface area contributed by atoms with Gasteiger partial charge in [0.25, 0.3) is 10.0 Å². The number of anilines is 1. The van der Waals surface area contributed by atoms with Crippen molar-refractivity contribution in [3.63, 3.8) is 0 Å². The van der Waals surface area contributed by atoms with Crippen LogP contribution in [0.4, 0.5) is 5.82 Å². The number of aromatic nitrogens is 5. The zero-order valence-electron chi connectivity index (χ0n) is 18.1. The Morgan fingerprint density at radius 3 is 2.85 bits per heavy atom. The Labute approximate surface area is 190 Å². The van der Waals surface area contributed by atoms with Crippen LogP contribution in [0.25, 0.3) is 33.3 Å². The van der Waals surface area contributed by atoms with Crippen LogP contribution in [0.2, 0.25) is 0 Å². The maximum absolute atomic E-state index is 13.1. The van der Waals surface area contributed by atoms with E-state index in [9.17, 15) is 13.5 Å². The Kier molecular flexibility index (Phi) is 4.68. The minimum atomic E-state index is -3.63. The molecule has 6 rings (SSSR count). The van der Waals surface area contributed by atoms with E-state index in [4.69, 9.17) is 14.7 Å². The van der Waals surface area contributed by atoms with E-state index in [2.05, 4.69) is 21.9 Å². The molecule has 1 unspecified atom stereocenters. The fourth-order valence-electron chi connectivity index (χ4n) is 4.45. The summed E-state index contributed by atoms with van der Waals surface area (Å²) in [6, 6.07) is 5.71. The number of aliphatic hydroxyl groups excluding tert-OH is 1. The second-order valence-electron chi connectivity index (χ2n) is 8.70. The zero-order chi connectivity index (χ0) is 22.7. The molecule has 1 atom stereocenters. The molecule has 1 aromatic carbocycles. The summed E-state index contributed by atoms with van der Waals surface area (Å²) < 4.78 is 32.9. The van der Waals surface area contributed by atoms with Crippen LogP contribution in [0.5, 0.6) is 0 Å². The maximum atomic E-state index is 13.1. The summed E-state index contributed by atoms with van der Waals surface area (Å²) in [4.78, 5) is 14.9. The largest absolute Gasteiger partial charge is 0.392 e. The average Bonchev–Trinajstić information content (AvgIpc) is 3.43. The number of aliphatic hydroxyl groups is 1. The van der Waals surface area contributed by atoms with Gasteiger partial charge >= 0.3 is 0 Å². The van der Waals surface area contributed by atoms with Crippen LogP contribution in [0.15, 0.2) is 30.6 Å². The third-order valence-corrected chi connectivity index (χ3v) is 8.42. The lowest BCUT2D eigenvalue weighted by atomic mass is 10.1. The summed E-state index contributed by atoms with van der Waals surface area (Å²) in [5.41, 5.74) is 2.56. The SMILES string of the molecule is CC1COCCN1c1nc(-c2cc(CO)cc3[nH]ccc23)nc2c1cnn2S(=O)(=O)C1CC1. The molecule has 2 aliphatic rings. The van der Waals surface area contributed by atoms with Crippen LogP contribution in [-0.4, -0.2) is 68.7 Å². The van der Waals surface area contributed by atoms with Gasteiger partial charge in [0.05, 0.1) is 42.7 Å². The van der Waals surface area contributed by atoms with E-state index in [0.717, 1.165) is 20.6 Å². The number of benzene rings is 1. The Morgan fingerprint density at radius 1 is 1.24 bits per heavy atom. The van der Waals surface area contributed by atoms with Gasteiger partial charge in [-0.15, -0.1) is 4.09 Å². The molecule has 1 saturated carbocycles. The number of nitrogens with zero attached hydrogens (tertiary/aromatic N) is 5. The monoisotopic (exact) mass is 468 g/mol. The molecule has 4 heterocycles. The summed E-state index contributed by atoms with van der Waals surface area (Å²) in [6.45, 7) is 3.66. The summed E-state index contributed by atoms with van der Waals surface area (Å²) in [5, 5.41) is 15.1. The van der Waals surface area contributed by atoms with E-state index in [-0.39, 0.29) is 18.3 Å². The predicted molar refractivity (Wildman–Crippen MR) is 124 cm³/mol. The molecule has 2 N–H and O–H groups in total. The molecule has 0 spiro atoms. The van der Waals surface area contributed by atoms with E-state index in [1.54, 1.807) is 6.20 Å². The minimum absolute atomic E-state index is 0.0594. The molecule has 1 aliphatic heterocycles. The highest BCUT2D eigenvalue weighted by Gasteiger charge is 2.39. The van der Waals surface area contributed by atoms with Crippen molar-refractivity contribution >= 4 is 37.8 Å². The van der Waals surface area contributed by atoms with Crippen molar-refractivity contribution in [2.24, 2.45) is 0 Å². The van der Waals surface area contributed by atoms with Crippen molar-refractivity contribution in [2.45, 2.75) is 37.7 Å². The molecule has 10 nitrogen and oxygen atoms in total. The van der Waals surface area contributed by atoms with Crippen molar-refractivity contribution < 1.29 is 18.3 Å². The summed E-state index contributed by atoms with van der Waals surface area (Å²) >= 11 is 0. The lowest BCUT2D eigenvalue weighted by Crippen LogP contribution is -2.44. The first kappa shape index (κ1) is 20.6. The highest BCUT2D eigenvalue weighted by Crippen LogP contribution is 2.36. The Hall–Kier alpha value is -3.02. The number of rotatable bonds is 5. The topological polar surface area (TPSA) is 126 Å². The van der Waals surface area contributed by atoms with Gasteiger partial charge in [-0.2, -0.15) is 5.10 Å². The van der Waals surface area contributed by atoms with E-state index in [1.807, 2.05) is 24.4 Å². The first-order chi connectivity index (χ1) is 16.0. The van der Waals surface area contributed by atoms with Gasteiger partial charge in [0.2, 0.25) is 0 Å². The van der Waals surface area contributed by atoms with Gasteiger partial charge in [0.15, 0.2) is 11.5 Å². The molecule has 0 radical (unpaired) electrons. The molecule has 0 amide bonds. The number of nitrogens with one attached hydrogen (secondary N) is 1. The molecule has 1 saturated heterocycles. The minimum Gasteiger partial charge on any atom is -0.392 e. The highest BCUT2D eigenvalue weighted by atomic mass is 32.2. The van der Waals surface area contributed by atoms with Crippen molar-refractivity contribution in [3.8, 4) is 11.4 Å². The number of hydrogen-bond donors (Lipinski definition) is 2. The third-order valence-electron chi connectivity index (χ3n) is 6.36. The predicted octanol–water partition coefficient (Wildman–Crippen LogP) is 2.03. The molecule has 11 heteroatoms. The van der Waals surface area contributed by atoms with Crippen molar-refractivity contribution in [2.75, 3.05) is 24.7 Å². The van der Waals surface area contributed by atoms with Crippen LogP contribution in [0.1, 0.15) is 25.3 Å². The Bertz CT molecular complexity index is 1470. The Balaban J connectivity index is 1.64. The lowest BCUT2D eigenvalue weighted by Gasteiger charge is -2.34. The van der Waals surface area contributed by atoms with E-state index in [0.29, 0.717) is 55.2 Å². The molecule has 172 valence electrons. The summed E-state index contributed by atoms with van der Waals surface area (Å²) in [7, 11) is -3.63. The number of fused-ring (bicyclic) bond motifs is 2. The molecule has 1 aliphatic carbocycles. The molecular formula is C22H24N6O4S. The number of morpholine rings is 1. The highest BCUT2D eigenvalue weighted by molar-refractivity contribution is 7.90. The van der Waals surface area contributed by atoms with E-state index < -0.39 is 15.3 Å². The molecule has 0 bridgehead atoms. The van der Waals surface area contributed by atoms with Gasteiger partial charge in [-0.1, -0.05) is 0 Å². The molecular weight excluding hydrogens is 444 g/mol. The quantitative estimate of drug-likeness (QED) is 0.456. The Morgan fingerprint density at radius 2 is 2.09 bits per heavy atom.